The van der Waals surface area contributed by atoms with Crippen LogP contribution in [0.25, 0.3) is 11.0 Å². The van der Waals surface area contributed by atoms with Crippen molar-refractivity contribution in [2.45, 2.75) is 13.5 Å². The highest BCUT2D eigenvalue weighted by molar-refractivity contribution is 5.93. The van der Waals surface area contributed by atoms with E-state index in [4.69, 9.17) is 4.74 Å². The van der Waals surface area contributed by atoms with E-state index < -0.39 is 0 Å². The number of methoxy groups -OCH3 is 1. The molecule has 0 radical (unpaired) electrons. The van der Waals surface area contributed by atoms with E-state index in [0.717, 1.165) is 11.1 Å². The second-order valence-corrected chi connectivity index (χ2v) is 4.93. The Morgan fingerprint density at radius 1 is 1.19 bits per heavy atom. The zero-order valence-electron chi connectivity index (χ0n) is 11.9. The van der Waals surface area contributed by atoms with Gasteiger partial charge in [-0.25, -0.2) is 9.48 Å². The fourth-order valence-electron chi connectivity index (χ4n) is 2.20. The molecule has 0 saturated carbocycles. The number of esters is 1. The number of benzene rings is 2. The number of ether oxygens (including phenoxy) is 1. The average molecular weight is 281 g/mol. The normalized spacial score (nSPS) is 10.8. The van der Waals surface area contributed by atoms with Gasteiger partial charge in [0, 0.05) is 0 Å². The third-order valence-electron chi connectivity index (χ3n) is 3.39. The Labute approximate surface area is 122 Å². The van der Waals surface area contributed by atoms with Gasteiger partial charge in [-0.1, -0.05) is 35.0 Å². The molecule has 0 unspecified atom stereocenters. The van der Waals surface area contributed by atoms with Crippen LogP contribution in [0.2, 0.25) is 0 Å². The van der Waals surface area contributed by atoms with Crippen molar-refractivity contribution in [1.29, 1.82) is 0 Å². The van der Waals surface area contributed by atoms with E-state index in [-0.39, 0.29) is 5.97 Å². The molecule has 0 atom stereocenters. The van der Waals surface area contributed by atoms with Crippen LogP contribution >= 0.6 is 0 Å². The maximum Gasteiger partial charge on any atom is 0.337 e. The van der Waals surface area contributed by atoms with E-state index in [2.05, 4.69) is 41.5 Å². The number of carbonyl (C=O) groups is 1. The SMILES string of the molecule is COC(=O)c1ccc2c(c1)nnn2Cc1ccc(C)cc1. The fourth-order valence-corrected chi connectivity index (χ4v) is 2.20. The number of hydrogen-bond acceptors (Lipinski definition) is 4. The molecule has 5 nitrogen and oxygen atoms in total. The van der Waals surface area contributed by atoms with Crippen LogP contribution in [0, 0.1) is 6.92 Å². The Kier molecular flexibility index (Phi) is 3.39. The molecule has 5 heteroatoms. The van der Waals surface area contributed by atoms with Gasteiger partial charge < -0.3 is 4.74 Å². The van der Waals surface area contributed by atoms with Gasteiger partial charge in [-0.15, -0.1) is 5.10 Å². The average Bonchev–Trinajstić information content (AvgIpc) is 2.91. The van der Waals surface area contributed by atoms with Gasteiger partial charge in [-0.2, -0.15) is 0 Å². The molecule has 1 aromatic heterocycles. The summed E-state index contributed by atoms with van der Waals surface area (Å²) in [6.07, 6.45) is 0. The Morgan fingerprint density at radius 2 is 1.95 bits per heavy atom. The van der Waals surface area contributed by atoms with Gasteiger partial charge in [0.15, 0.2) is 0 Å². The summed E-state index contributed by atoms with van der Waals surface area (Å²) in [5, 5.41) is 8.27. The summed E-state index contributed by atoms with van der Waals surface area (Å²) in [6, 6.07) is 13.6. The van der Waals surface area contributed by atoms with Crippen LogP contribution in [0.3, 0.4) is 0 Å². The van der Waals surface area contributed by atoms with Crippen molar-refractivity contribution in [2.24, 2.45) is 0 Å². The number of carbonyl (C=O) groups excluding carboxylic acids is 1. The van der Waals surface area contributed by atoms with Gasteiger partial charge in [-0.3, -0.25) is 0 Å². The Balaban J connectivity index is 1.93. The smallest absolute Gasteiger partial charge is 0.337 e. The predicted molar refractivity (Wildman–Crippen MR) is 79.1 cm³/mol. The summed E-state index contributed by atoms with van der Waals surface area (Å²) in [4.78, 5) is 11.5. The summed E-state index contributed by atoms with van der Waals surface area (Å²) < 4.78 is 6.53. The number of rotatable bonds is 3. The van der Waals surface area contributed by atoms with Crippen LogP contribution < -0.4 is 0 Å². The number of nitrogens with zero attached hydrogens (tertiary/aromatic N) is 3. The van der Waals surface area contributed by atoms with Crippen molar-refractivity contribution < 1.29 is 9.53 Å². The molecule has 21 heavy (non-hydrogen) atoms. The molecule has 0 amide bonds. The molecule has 0 bridgehead atoms. The van der Waals surface area contributed by atoms with Gasteiger partial charge in [-0.05, 0) is 30.7 Å². The lowest BCUT2D eigenvalue weighted by atomic mass is 10.1. The molecule has 0 aliphatic carbocycles. The minimum absolute atomic E-state index is 0.370. The summed E-state index contributed by atoms with van der Waals surface area (Å²) in [6.45, 7) is 2.71. The molecule has 0 aliphatic rings. The first kappa shape index (κ1) is 13.3. The third-order valence-corrected chi connectivity index (χ3v) is 3.39. The highest BCUT2D eigenvalue weighted by atomic mass is 16.5. The zero-order valence-corrected chi connectivity index (χ0v) is 11.9. The van der Waals surface area contributed by atoms with Crippen LogP contribution in [0.15, 0.2) is 42.5 Å². The van der Waals surface area contributed by atoms with Crippen LogP contribution in [-0.2, 0) is 11.3 Å². The Morgan fingerprint density at radius 3 is 2.67 bits per heavy atom. The topological polar surface area (TPSA) is 57.0 Å². The third kappa shape index (κ3) is 2.63. The van der Waals surface area contributed by atoms with E-state index in [1.807, 2.05) is 10.7 Å². The van der Waals surface area contributed by atoms with Crippen molar-refractivity contribution in [1.82, 2.24) is 15.0 Å². The van der Waals surface area contributed by atoms with Crippen molar-refractivity contribution in [2.75, 3.05) is 7.11 Å². The van der Waals surface area contributed by atoms with Crippen LogP contribution in [0.4, 0.5) is 0 Å². The number of hydrogen-bond donors (Lipinski definition) is 0. The molecule has 2 aromatic carbocycles. The number of fused-ring (bicyclic) bond motifs is 1. The van der Waals surface area contributed by atoms with E-state index in [1.165, 1.54) is 12.7 Å². The Hall–Kier alpha value is -2.69. The molecule has 0 aliphatic heterocycles. The van der Waals surface area contributed by atoms with Crippen molar-refractivity contribution in [3.63, 3.8) is 0 Å². The molecule has 3 aromatic rings. The molecule has 3 rings (SSSR count). The summed E-state index contributed by atoms with van der Waals surface area (Å²) >= 11 is 0. The quantitative estimate of drug-likeness (QED) is 0.692. The van der Waals surface area contributed by atoms with E-state index in [1.54, 1.807) is 12.1 Å². The van der Waals surface area contributed by atoms with Gasteiger partial charge in [0.25, 0.3) is 0 Å². The van der Waals surface area contributed by atoms with Crippen molar-refractivity contribution >= 4 is 17.0 Å². The largest absolute Gasteiger partial charge is 0.465 e. The van der Waals surface area contributed by atoms with Crippen molar-refractivity contribution in [3.8, 4) is 0 Å². The summed E-state index contributed by atoms with van der Waals surface area (Å²) in [7, 11) is 1.36. The highest BCUT2D eigenvalue weighted by Gasteiger charge is 2.10. The lowest BCUT2D eigenvalue weighted by Crippen LogP contribution is -2.03. The molecule has 1 heterocycles. The first-order valence-electron chi connectivity index (χ1n) is 6.64. The maximum atomic E-state index is 11.5. The molecule has 0 saturated heterocycles. The first-order chi connectivity index (χ1) is 10.2. The molecule has 0 N–H and O–H groups in total. The minimum atomic E-state index is -0.370. The standard InChI is InChI=1S/C16H15N3O2/c1-11-3-5-12(6-4-11)10-19-15-8-7-13(16(20)21-2)9-14(15)17-18-19/h3-9H,10H2,1-2H3. The molecule has 0 spiro atoms. The maximum absolute atomic E-state index is 11.5. The zero-order chi connectivity index (χ0) is 14.8. The fraction of sp³-hybridized carbons (Fsp3) is 0.188. The number of aromatic nitrogens is 3. The lowest BCUT2D eigenvalue weighted by Gasteiger charge is -2.04. The van der Waals surface area contributed by atoms with Gasteiger partial charge >= 0.3 is 5.97 Å². The predicted octanol–water partition coefficient (Wildman–Crippen LogP) is 2.57. The van der Waals surface area contributed by atoms with E-state index in [0.29, 0.717) is 17.6 Å². The monoisotopic (exact) mass is 281 g/mol. The highest BCUT2D eigenvalue weighted by Crippen LogP contribution is 2.16. The van der Waals surface area contributed by atoms with E-state index >= 15 is 0 Å². The summed E-state index contributed by atoms with van der Waals surface area (Å²) in [5.74, 6) is -0.370. The van der Waals surface area contributed by atoms with Crippen LogP contribution in [0.5, 0.6) is 0 Å². The minimum Gasteiger partial charge on any atom is -0.465 e. The Bertz CT molecular complexity index is 791. The van der Waals surface area contributed by atoms with Crippen LogP contribution in [-0.4, -0.2) is 28.1 Å². The molecule has 106 valence electrons. The van der Waals surface area contributed by atoms with E-state index in [9.17, 15) is 4.79 Å². The van der Waals surface area contributed by atoms with Crippen LogP contribution in [0.1, 0.15) is 21.5 Å². The first-order valence-corrected chi connectivity index (χ1v) is 6.64. The second kappa shape index (κ2) is 5.36. The summed E-state index contributed by atoms with van der Waals surface area (Å²) in [5.41, 5.74) is 4.44. The molecular formula is C16H15N3O2. The van der Waals surface area contributed by atoms with Gasteiger partial charge in [0.1, 0.15) is 5.52 Å². The van der Waals surface area contributed by atoms with Gasteiger partial charge in [0.2, 0.25) is 0 Å². The second-order valence-electron chi connectivity index (χ2n) is 4.93. The lowest BCUT2D eigenvalue weighted by molar-refractivity contribution is 0.0601. The number of aryl methyl sites for hydroxylation is 1. The van der Waals surface area contributed by atoms with Crippen molar-refractivity contribution in [3.05, 3.63) is 59.2 Å². The molecular weight excluding hydrogens is 266 g/mol. The van der Waals surface area contributed by atoms with Gasteiger partial charge in [0.05, 0.1) is 24.7 Å². The molecule has 0 fully saturated rings.